The predicted molar refractivity (Wildman–Crippen MR) is 239 cm³/mol. The first kappa shape index (κ1) is 32.8. The van der Waals surface area contributed by atoms with Gasteiger partial charge >= 0.3 is 0 Å². The molecule has 0 bridgehead atoms. The molecule has 3 nitrogen and oxygen atoms in total. The van der Waals surface area contributed by atoms with Gasteiger partial charge in [-0.1, -0.05) is 140 Å². The maximum atomic E-state index is 6.21. The molecule has 0 atom stereocenters. The highest BCUT2D eigenvalue weighted by Crippen LogP contribution is 2.41. The SMILES string of the molecule is c1ccc(-c2ccc(N(c3ccc(-c4cccc(-c5ccc6c7ccccc7n(-c7ccccc7)c6c5)c4)cc3)c3ccc4oc5ccccc5c4c3)cc2)cc1. The number of furan rings is 1. The van der Waals surface area contributed by atoms with Gasteiger partial charge in [-0.2, -0.15) is 0 Å². The van der Waals surface area contributed by atoms with E-state index < -0.39 is 0 Å². The molecule has 0 spiro atoms. The van der Waals surface area contributed by atoms with E-state index in [2.05, 4.69) is 216 Å². The zero-order chi connectivity index (χ0) is 37.7. The third-order valence-electron chi connectivity index (χ3n) is 11.2. The van der Waals surface area contributed by atoms with Crippen LogP contribution < -0.4 is 4.90 Å². The number of nitrogens with zero attached hydrogens (tertiary/aromatic N) is 2. The van der Waals surface area contributed by atoms with Gasteiger partial charge in [-0.25, -0.2) is 0 Å². The van der Waals surface area contributed by atoms with E-state index in [9.17, 15) is 0 Å². The molecule has 11 rings (SSSR count). The number of rotatable bonds is 7. The number of benzene rings is 9. The van der Waals surface area contributed by atoms with E-state index in [-0.39, 0.29) is 0 Å². The van der Waals surface area contributed by atoms with Crippen molar-refractivity contribution in [3.63, 3.8) is 0 Å². The summed E-state index contributed by atoms with van der Waals surface area (Å²) in [4.78, 5) is 2.33. The Morgan fingerprint density at radius 1 is 0.298 bits per heavy atom. The van der Waals surface area contributed by atoms with Crippen molar-refractivity contribution in [2.24, 2.45) is 0 Å². The standard InChI is InChI=1S/C54H36N2O/c1-3-12-37(13-4-1)38-22-27-44(28-23-38)55(46-31-33-54-50(36-46)49-19-8-10-21-53(49)57-54)45-29-24-39(25-30-45)40-14-11-15-41(34-40)42-26-32-48-47-18-7-9-20-51(47)56(52(48)35-42)43-16-5-2-6-17-43/h1-36H. The van der Waals surface area contributed by atoms with Gasteiger partial charge in [0.25, 0.3) is 0 Å². The molecule has 0 aliphatic heterocycles. The maximum Gasteiger partial charge on any atom is 0.135 e. The molecule has 0 fully saturated rings. The number of fused-ring (bicyclic) bond motifs is 6. The van der Waals surface area contributed by atoms with Crippen LogP contribution >= 0.6 is 0 Å². The minimum Gasteiger partial charge on any atom is -0.456 e. The van der Waals surface area contributed by atoms with E-state index in [1.54, 1.807) is 0 Å². The molecule has 0 saturated carbocycles. The highest BCUT2D eigenvalue weighted by atomic mass is 16.3. The number of para-hydroxylation sites is 3. The minimum atomic E-state index is 0.884. The van der Waals surface area contributed by atoms with Crippen LogP contribution in [0.25, 0.3) is 82.8 Å². The molecular formula is C54H36N2O. The summed E-state index contributed by atoms with van der Waals surface area (Å²) in [7, 11) is 0. The Kier molecular flexibility index (Phi) is 7.82. The lowest BCUT2D eigenvalue weighted by atomic mass is 9.98. The Balaban J connectivity index is 0.975. The Bertz CT molecular complexity index is 3210. The number of anilines is 3. The van der Waals surface area contributed by atoms with Gasteiger partial charge in [-0.3, -0.25) is 0 Å². The highest BCUT2D eigenvalue weighted by Gasteiger charge is 2.17. The fourth-order valence-corrected chi connectivity index (χ4v) is 8.42. The van der Waals surface area contributed by atoms with E-state index in [4.69, 9.17) is 4.42 Å². The first-order valence-corrected chi connectivity index (χ1v) is 19.4. The first-order chi connectivity index (χ1) is 28.2. The van der Waals surface area contributed by atoms with Crippen molar-refractivity contribution in [2.75, 3.05) is 4.90 Å². The summed E-state index contributed by atoms with van der Waals surface area (Å²) >= 11 is 0. The van der Waals surface area contributed by atoms with Crippen LogP contribution in [-0.4, -0.2) is 4.57 Å². The van der Waals surface area contributed by atoms with Crippen molar-refractivity contribution in [1.29, 1.82) is 0 Å². The Morgan fingerprint density at radius 3 is 1.56 bits per heavy atom. The van der Waals surface area contributed by atoms with Crippen LogP contribution in [0.1, 0.15) is 0 Å². The summed E-state index contributed by atoms with van der Waals surface area (Å²) in [6.45, 7) is 0. The molecule has 57 heavy (non-hydrogen) atoms. The predicted octanol–water partition coefficient (Wildman–Crippen LogP) is 15.2. The van der Waals surface area contributed by atoms with Crippen molar-refractivity contribution >= 4 is 60.8 Å². The summed E-state index contributed by atoms with van der Waals surface area (Å²) in [5, 5.41) is 4.73. The van der Waals surface area contributed by atoms with Crippen LogP contribution in [0.3, 0.4) is 0 Å². The second-order valence-corrected chi connectivity index (χ2v) is 14.6. The second-order valence-electron chi connectivity index (χ2n) is 14.6. The molecule has 0 radical (unpaired) electrons. The van der Waals surface area contributed by atoms with Gasteiger partial charge in [-0.05, 0) is 112 Å². The molecule has 0 aliphatic rings. The normalized spacial score (nSPS) is 11.5. The molecule has 11 aromatic rings. The molecule has 2 aromatic heterocycles. The summed E-state index contributed by atoms with van der Waals surface area (Å²) in [6.07, 6.45) is 0. The summed E-state index contributed by atoms with van der Waals surface area (Å²) in [5.41, 5.74) is 15.7. The third-order valence-corrected chi connectivity index (χ3v) is 11.2. The van der Waals surface area contributed by atoms with Crippen LogP contribution in [0.2, 0.25) is 0 Å². The smallest absolute Gasteiger partial charge is 0.135 e. The molecule has 3 heteroatoms. The number of hydrogen-bond donors (Lipinski definition) is 0. The Morgan fingerprint density at radius 2 is 0.807 bits per heavy atom. The summed E-state index contributed by atoms with van der Waals surface area (Å²) < 4.78 is 8.59. The summed E-state index contributed by atoms with van der Waals surface area (Å²) in [6, 6.07) is 78.2. The average molecular weight is 729 g/mol. The van der Waals surface area contributed by atoms with E-state index in [0.717, 1.165) is 50.3 Å². The van der Waals surface area contributed by atoms with Crippen LogP contribution in [0.4, 0.5) is 17.1 Å². The molecule has 268 valence electrons. The molecule has 0 saturated heterocycles. The van der Waals surface area contributed by atoms with Crippen LogP contribution in [0.5, 0.6) is 0 Å². The molecule has 0 aliphatic carbocycles. The van der Waals surface area contributed by atoms with Crippen molar-refractivity contribution in [3.8, 4) is 39.1 Å². The fourth-order valence-electron chi connectivity index (χ4n) is 8.42. The first-order valence-electron chi connectivity index (χ1n) is 19.4. The van der Waals surface area contributed by atoms with Crippen molar-refractivity contribution in [3.05, 3.63) is 218 Å². The van der Waals surface area contributed by atoms with Gasteiger partial charge in [0, 0.05) is 44.3 Å². The van der Waals surface area contributed by atoms with Crippen molar-refractivity contribution in [2.45, 2.75) is 0 Å². The fraction of sp³-hybridized carbons (Fsp3) is 0. The lowest BCUT2D eigenvalue weighted by Crippen LogP contribution is -2.09. The van der Waals surface area contributed by atoms with Crippen LogP contribution in [-0.2, 0) is 0 Å². The highest BCUT2D eigenvalue weighted by molar-refractivity contribution is 6.10. The molecule has 0 N–H and O–H groups in total. The van der Waals surface area contributed by atoms with E-state index in [0.29, 0.717) is 0 Å². The molecule has 9 aromatic carbocycles. The third kappa shape index (κ3) is 5.76. The molecule has 2 heterocycles. The second kappa shape index (κ2) is 13.6. The lowest BCUT2D eigenvalue weighted by Gasteiger charge is -2.26. The molecular weight excluding hydrogens is 693 g/mol. The van der Waals surface area contributed by atoms with Crippen molar-refractivity contribution in [1.82, 2.24) is 4.57 Å². The van der Waals surface area contributed by atoms with Crippen LogP contribution in [0, 0.1) is 0 Å². The van der Waals surface area contributed by atoms with E-state index in [1.807, 2.05) is 12.1 Å². The van der Waals surface area contributed by atoms with Crippen molar-refractivity contribution < 1.29 is 4.42 Å². The monoisotopic (exact) mass is 728 g/mol. The lowest BCUT2D eigenvalue weighted by molar-refractivity contribution is 0.669. The largest absolute Gasteiger partial charge is 0.456 e. The number of hydrogen-bond acceptors (Lipinski definition) is 2. The summed E-state index contributed by atoms with van der Waals surface area (Å²) in [5.74, 6) is 0. The van der Waals surface area contributed by atoms with Gasteiger partial charge in [-0.15, -0.1) is 0 Å². The zero-order valence-corrected chi connectivity index (χ0v) is 31.1. The van der Waals surface area contributed by atoms with Gasteiger partial charge in [0.15, 0.2) is 0 Å². The zero-order valence-electron chi connectivity index (χ0n) is 31.1. The number of aromatic nitrogens is 1. The quantitative estimate of drug-likeness (QED) is 0.163. The average Bonchev–Trinajstić information content (AvgIpc) is 3.83. The van der Waals surface area contributed by atoms with E-state index in [1.165, 1.54) is 49.6 Å². The Labute approximate surface area is 330 Å². The Hall–Kier alpha value is -7.62. The van der Waals surface area contributed by atoms with Gasteiger partial charge < -0.3 is 13.9 Å². The minimum absolute atomic E-state index is 0.884. The van der Waals surface area contributed by atoms with Crippen LogP contribution in [0.15, 0.2) is 223 Å². The topological polar surface area (TPSA) is 21.3 Å². The van der Waals surface area contributed by atoms with Gasteiger partial charge in [0.2, 0.25) is 0 Å². The van der Waals surface area contributed by atoms with Gasteiger partial charge in [0.05, 0.1) is 11.0 Å². The molecule has 0 unspecified atom stereocenters. The van der Waals surface area contributed by atoms with E-state index >= 15 is 0 Å². The van der Waals surface area contributed by atoms with Gasteiger partial charge in [0.1, 0.15) is 11.2 Å². The molecule has 0 amide bonds. The maximum absolute atomic E-state index is 6.21.